The van der Waals surface area contributed by atoms with E-state index in [4.69, 9.17) is 18.0 Å². The number of hydrogen-bond acceptors (Lipinski definition) is 2. The van der Waals surface area contributed by atoms with Crippen molar-refractivity contribution in [1.29, 1.82) is 0 Å². The van der Waals surface area contributed by atoms with Crippen LogP contribution in [0.2, 0.25) is 0 Å². The second-order valence-electron chi connectivity index (χ2n) is 3.93. The van der Waals surface area contributed by atoms with Crippen LogP contribution in [0.1, 0.15) is 27.7 Å². The number of thiocarbonyl (C=S) groups is 1. The first-order chi connectivity index (χ1) is 4.83. The van der Waals surface area contributed by atoms with Crippen molar-refractivity contribution in [1.82, 2.24) is 5.32 Å². The Hall–Kier alpha value is -0.150. The van der Waals surface area contributed by atoms with Crippen LogP contribution in [0.4, 0.5) is 0 Å². The largest absolute Gasteiger partial charge is 0.393 e. The van der Waals surface area contributed by atoms with Gasteiger partial charge in [0.25, 0.3) is 0 Å². The van der Waals surface area contributed by atoms with Gasteiger partial charge in [-0.05, 0) is 20.8 Å². The van der Waals surface area contributed by atoms with E-state index in [2.05, 4.69) is 26.1 Å². The normalized spacial score (nSPS) is 14.5. The molecule has 1 atom stereocenters. The van der Waals surface area contributed by atoms with Gasteiger partial charge in [0.1, 0.15) is 0 Å². The van der Waals surface area contributed by atoms with Crippen molar-refractivity contribution < 1.29 is 0 Å². The predicted octanol–water partition coefficient (Wildman–Crippen LogP) is 1.30. The minimum absolute atomic E-state index is 0.152. The van der Waals surface area contributed by atoms with Crippen LogP contribution in [-0.2, 0) is 0 Å². The van der Waals surface area contributed by atoms with Gasteiger partial charge in [0.2, 0.25) is 0 Å². The molecule has 66 valence electrons. The third-order valence-corrected chi connectivity index (χ3v) is 1.83. The monoisotopic (exact) mass is 174 g/mol. The van der Waals surface area contributed by atoms with E-state index < -0.39 is 0 Å². The highest BCUT2D eigenvalue weighted by Gasteiger charge is 2.11. The van der Waals surface area contributed by atoms with Gasteiger partial charge in [-0.25, -0.2) is 0 Å². The molecule has 0 aromatic rings. The highest BCUT2D eigenvalue weighted by Crippen LogP contribution is 2.01. The van der Waals surface area contributed by atoms with E-state index in [9.17, 15) is 0 Å². The first-order valence-corrected chi connectivity index (χ1v) is 4.28. The van der Waals surface area contributed by atoms with Crippen LogP contribution in [0, 0.1) is 5.92 Å². The maximum Gasteiger partial charge on any atom is 0.0768 e. The molecule has 0 heterocycles. The van der Waals surface area contributed by atoms with E-state index in [1.807, 2.05) is 6.92 Å². The van der Waals surface area contributed by atoms with E-state index in [1.165, 1.54) is 0 Å². The third-order valence-electron chi connectivity index (χ3n) is 1.42. The van der Waals surface area contributed by atoms with Crippen molar-refractivity contribution in [2.45, 2.75) is 33.2 Å². The molecule has 0 fully saturated rings. The molecule has 0 rings (SSSR count). The molecule has 0 aliphatic rings. The van der Waals surface area contributed by atoms with Crippen LogP contribution in [0.5, 0.6) is 0 Å². The Labute approximate surface area is 74.5 Å². The molecule has 0 spiro atoms. The fourth-order valence-electron chi connectivity index (χ4n) is 0.560. The van der Waals surface area contributed by atoms with Crippen LogP contribution in [0.3, 0.4) is 0 Å². The molecule has 0 radical (unpaired) electrons. The Morgan fingerprint density at radius 1 is 1.55 bits per heavy atom. The summed E-state index contributed by atoms with van der Waals surface area (Å²) in [6.45, 7) is 9.26. The highest BCUT2D eigenvalue weighted by molar-refractivity contribution is 7.80. The van der Waals surface area contributed by atoms with Gasteiger partial charge in [-0.15, -0.1) is 0 Å². The summed E-state index contributed by atoms with van der Waals surface area (Å²) in [5.41, 5.74) is 5.61. The van der Waals surface area contributed by atoms with E-state index in [1.54, 1.807) is 0 Å². The van der Waals surface area contributed by atoms with Gasteiger partial charge in [0.05, 0.1) is 4.99 Å². The molecule has 0 amide bonds. The van der Waals surface area contributed by atoms with Crippen LogP contribution >= 0.6 is 12.2 Å². The minimum atomic E-state index is 0.152. The molecule has 1 unspecified atom stereocenters. The maximum atomic E-state index is 5.46. The Morgan fingerprint density at radius 2 is 2.00 bits per heavy atom. The molecule has 0 bridgehead atoms. The molecule has 2 nitrogen and oxygen atoms in total. The quantitative estimate of drug-likeness (QED) is 0.633. The summed E-state index contributed by atoms with van der Waals surface area (Å²) in [6, 6.07) is 0. The minimum Gasteiger partial charge on any atom is -0.393 e. The summed E-state index contributed by atoms with van der Waals surface area (Å²) in [5.74, 6) is 0.282. The van der Waals surface area contributed by atoms with Crippen LogP contribution in [0.25, 0.3) is 0 Å². The number of nitrogens with one attached hydrogen (secondary N) is 1. The van der Waals surface area contributed by atoms with Gasteiger partial charge in [-0.1, -0.05) is 19.1 Å². The summed E-state index contributed by atoms with van der Waals surface area (Å²) in [7, 11) is 0. The average molecular weight is 174 g/mol. The van der Waals surface area contributed by atoms with Crippen molar-refractivity contribution in [2.24, 2.45) is 11.7 Å². The smallest absolute Gasteiger partial charge is 0.0768 e. The van der Waals surface area contributed by atoms with E-state index in [0.29, 0.717) is 4.99 Å². The molecule has 0 saturated heterocycles. The molecule has 0 aliphatic heterocycles. The Balaban J connectivity index is 3.63. The molecule has 0 saturated carbocycles. The fourth-order valence-corrected chi connectivity index (χ4v) is 0.643. The lowest BCUT2D eigenvalue weighted by molar-refractivity contribution is 0.411. The maximum absolute atomic E-state index is 5.46. The van der Waals surface area contributed by atoms with Crippen molar-refractivity contribution in [2.75, 3.05) is 6.54 Å². The first-order valence-electron chi connectivity index (χ1n) is 3.87. The Kier molecular flexibility index (Phi) is 3.97. The van der Waals surface area contributed by atoms with Gasteiger partial charge in [0.15, 0.2) is 0 Å². The van der Waals surface area contributed by atoms with Crippen LogP contribution in [0.15, 0.2) is 0 Å². The van der Waals surface area contributed by atoms with Crippen LogP contribution < -0.4 is 11.1 Å². The van der Waals surface area contributed by atoms with E-state index in [-0.39, 0.29) is 11.5 Å². The van der Waals surface area contributed by atoms with Gasteiger partial charge in [0, 0.05) is 18.0 Å². The topological polar surface area (TPSA) is 38.0 Å². The number of hydrogen-bond donors (Lipinski definition) is 2. The van der Waals surface area contributed by atoms with E-state index >= 15 is 0 Å². The van der Waals surface area contributed by atoms with Gasteiger partial charge < -0.3 is 11.1 Å². The Morgan fingerprint density at radius 3 is 2.27 bits per heavy atom. The zero-order valence-electron chi connectivity index (χ0n) is 7.77. The molecule has 0 aromatic carbocycles. The summed E-state index contributed by atoms with van der Waals surface area (Å²) in [6.07, 6.45) is 0. The van der Waals surface area contributed by atoms with Gasteiger partial charge >= 0.3 is 0 Å². The summed E-state index contributed by atoms with van der Waals surface area (Å²) in [4.78, 5) is 0.585. The molecule has 3 N–H and O–H groups in total. The van der Waals surface area contributed by atoms with E-state index in [0.717, 1.165) is 6.54 Å². The lowest BCUT2D eigenvalue weighted by Crippen LogP contribution is -2.41. The van der Waals surface area contributed by atoms with Crippen LogP contribution in [-0.4, -0.2) is 17.1 Å². The van der Waals surface area contributed by atoms with Gasteiger partial charge in [-0.2, -0.15) is 0 Å². The SMILES string of the molecule is CC(CNC(C)(C)C)C(N)=S. The third kappa shape index (κ3) is 6.26. The summed E-state index contributed by atoms with van der Waals surface area (Å²) < 4.78 is 0. The zero-order chi connectivity index (χ0) is 9.07. The lowest BCUT2D eigenvalue weighted by Gasteiger charge is -2.22. The lowest BCUT2D eigenvalue weighted by atomic mass is 10.1. The first kappa shape index (κ1) is 10.8. The molecule has 11 heavy (non-hydrogen) atoms. The fraction of sp³-hybridized carbons (Fsp3) is 0.875. The number of rotatable bonds is 3. The molecule has 3 heteroatoms. The molecule has 0 aromatic heterocycles. The summed E-state index contributed by atoms with van der Waals surface area (Å²) in [5, 5.41) is 3.34. The number of nitrogens with two attached hydrogens (primary N) is 1. The van der Waals surface area contributed by atoms with Crippen molar-refractivity contribution >= 4 is 17.2 Å². The second kappa shape index (κ2) is 4.02. The highest BCUT2D eigenvalue weighted by atomic mass is 32.1. The predicted molar refractivity (Wildman–Crippen MR) is 53.7 cm³/mol. The van der Waals surface area contributed by atoms with Crippen molar-refractivity contribution in [3.63, 3.8) is 0 Å². The van der Waals surface area contributed by atoms with Crippen molar-refractivity contribution in [3.05, 3.63) is 0 Å². The second-order valence-corrected chi connectivity index (χ2v) is 4.41. The average Bonchev–Trinajstić information content (AvgIpc) is 1.80. The molecular formula is C8H18N2S. The molecular weight excluding hydrogens is 156 g/mol. The standard InChI is InChI=1S/C8H18N2S/c1-6(7(9)11)5-10-8(2,3)4/h6,10H,5H2,1-4H3,(H2,9,11). The van der Waals surface area contributed by atoms with Gasteiger partial charge in [-0.3, -0.25) is 0 Å². The molecule has 0 aliphatic carbocycles. The van der Waals surface area contributed by atoms with Crippen molar-refractivity contribution in [3.8, 4) is 0 Å². The zero-order valence-corrected chi connectivity index (χ0v) is 8.59. The summed E-state index contributed by atoms with van der Waals surface area (Å²) >= 11 is 4.84. The Bertz CT molecular complexity index is 138.